The molecule has 208 valence electrons. The number of aryl methyl sites for hydroxylation is 1. The maximum absolute atomic E-state index is 13.7. The molecular weight excluding hydrogens is 520 g/mol. The average molecular weight is 557 g/mol. The van der Waals surface area contributed by atoms with Gasteiger partial charge in [0.25, 0.3) is 15.9 Å². The number of hydrogen-bond acceptors (Lipinski definition) is 4. The van der Waals surface area contributed by atoms with Crippen LogP contribution in [0.25, 0.3) is 11.6 Å². The zero-order chi connectivity index (χ0) is 27.3. The molecule has 0 saturated carbocycles. The Balaban J connectivity index is 1.22. The quantitative estimate of drug-likeness (QED) is 0.394. The third kappa shape index (κ3) is 4.47. The molecule has 7 rings (SSSR count). The van der Waals surface area contributed by atoms with Crippen molar-refractivity contribution in [3.05, 3.63) is 76.1 Å². The van der Waals surface area contributed by atoms with Crippen molar-refractivity contribution < 1.29 is 13.2 Å². The lowest BCUT2D eigenvalue weighted by Gasteiger charge is -2.20. The van der Waals surface area contributed by atoms with Crippen LogP contribution in [-0.4, -0.2) is 50.4 Å². The van der Waals surface area contributed by atoms with Gasteiger partial charge in [-0.15, -0.1) is 0 Å². The molecule has 0 spiro atoms. The number of likely N-dealkylation sites (tertiary alicyclic amines) is 1. The van der Waals surface area contributed by atoms with E-state index in [1.165, 1.54) is 59.9 Å². The van der Waals surface area contributed by atoms with Crippen LogP contribution >= 0.6 is 0 Å². The molecule has 0 bridgehead atoms. The van der Waals surface area contributed by atoms with Gasteiger partial charge in [0.2, 0.25) is 0 Å². The molecule has 3 aromatic rings. The van der Waals surface area contributed by atoms with E-state index in [1.54, 1.807) is 18.2 Å². The van der Waals surface area contributed by atoms with Crippen LogP contribution in [0, 0.1) is 0 Å². The van der Waals surface area contributed by atoms with Crippen LogP contribution in [0.3, 0.4) is 0 Å². The Labute approximate surface area is 236 Å². The Morgan fingerprint density at radius 1 is 0.925 bits per heavy atom. The molecule has 1 fully saturated rings. The van der Waals surface area contributed by atoms with E-state index in [-0.39, 0.29) is 10.8 Å². The summed E-state index contributed by atoms with van der Waals surface area (Å²) in [6.45, 7) is 3.94. The van der Waals surface area contributed by atoms with Crippen molar-refractivity contribution in [3.63, 3.8) is 0 Å². The van der Waals surface area contributed by atoms with E-state index in [9.17, 15) is 13.2 Å². The number of H-pyrrole nitrogens is 1. The van der Waals surface area contributed by atoms with Gasteiger partial charge in [0.05, 0.1) is 16.2 Å². The molecule has 2 aromatic carbocycles. The van der Waals surface area contributed by atoms with Crippen LogP contribution in [0.5, 0.6) is 0 Å². The molecule has 1 aliphatic carbocycles. The number of carbonyl (C=O) groups is 1. The predicted octanol–water partition coefficient (Wildman–Crippen LogP) is 5.17. The number of benzene rings is 2. The molecule has 4 heterocycles. The van der Waals surface area contributed by atoms with Crippen LogP contribution < -0.4 is 9.62 Å². The first kappa shape index (κ1) is 25.6. The van der Waals surface area contributed by atoms with Gasteiger partial charge in [-0.2, -0.15) is 0 Å². The standard InChI is InChI=1S/C32H36N4O3S/c37-32-27(21-30-25(10-7-18-35-16-5-6-17-35)24-9-2-3-11-28(24)33-30)26-20-23(13-14-29(26)34-32)40(38,39)36-19-15-22-8-1-4-12-31(22)36/h1,4,8,12-14,20-21,33H,2-3,5-7,9-11,15-19H2,(H,34,37)/b27-21-. The Bertz CT molecular complexity index is 1610. The number of carbonyl (C=O) groups excluding carboxylic acids is 1. The van der Waals surface area contributed by atoms with Crippen molar-refractivity contribution in [2.24, 2.45) is 0 Å². The highest BCUT2D eigenvalue weighted by molar-refractivity contribution is 7.92. The second-order valence-corrected chi connectivity index (χ2v) is 13.4. The molecule has 0 atom stereocenters. The predicted molar refractivity (Wildman–Crippen MR) is 159 cm³/mol. The maximum atomic E-state index is 13.7. The first-order valence-electron chi connectivity index (χ1n) is 14.7. The summed E-state index contributed by atoms with van der Waals surface area (Å²) < 4.78 is 29.0. The van der Waals surface area contributed by atoms with Crippen LogP contribution in [0.4, 0.5) is 11.4 Å². The van der Waals surface area contributed by atoms with E-state index >= 15 is 0 Å². The Morgan fingerprint density at radius 2 is 1.75 bits per heavy atom. The molecule has 40 heavy (non-hydrogen) atoms. The minimum Gasteiger partial charge on any atom is -0.358 e. The summed E-state index contributed by atoms with van der Waals surface area (Å²) in [6, 6.07) is 12.7. The fourth-order valence-electron chi connectivity index (χ4n) is 6.97. The van der Waals surface area contributed by atoms with Crippen molar-refractivity contribution in [2.75, 3.05) is 35.8 Å². The minimum absolute atomic E-state index is 0.188. The number of nitrogens with zero attached hydrogens (tertiary/aromatic N) is 2. The van der Waals surface area contributed by atoms with E-state index in [0.717, 1.165) is 49.2 Å². The van der Waals surface area contributed by atoms with Gasteiger partial charge < -0.3 is 15.2 Å². The van der Waals surface area contributed by atoms with Crippen LogP contribution in [0.15, 0.2) is 47.4 Å². The number of para-hydroxylation sites is 1. The topological polar surface area (TPSA) is 85.5 Å². The highest BCUT2D eigenvalue weighted by Gasteiger charge is 2.33. The summed E-state index contributed by atoms with van der Waals surface area (Å²) in [5.41, 5.74) is 8.68. The summed E-state index contributed by atoms with van der Waals surface area (Å²) in [4.78, 5) is 19.6. The SMILES string of the molecule is O=C1Nc2ccc(S(=O)(=O)N3CCc4ccccc43)cc2/C1=C/c1[nH]c2c(c1CCCN1CCCC1)CCCC2. The van der Waals surface area contributed by atoms with Crippen molar-refractivity contribution in [2.45, 2.75) is 62.7 Å². The molecule has 4 aliphatic rings. The summed E-state index contributed by atoms with van der Waals surface area (Å²) >= 11 is 0. The van der Waals surface area contributed by atoms with Crippen molar-refractivity contribution >= 4 is 39.0 Å². The summed E-state index contributed by atoms with van der Waals surface area (Å²) in [7, 11) is -3.76. The van der Waals surface area contributed by atoms with E-state index in [4.69, 9.17) is 0 Å². The molecule has 0 unspecified atom stereocenters. The summed E-state index contributed by atoms with van der Waals surface area (Å²) in [5.74, 6) is -0.188. The summed E-state index contributed by atoms with van der Waals surface area (Å²) in [6.07, 6.45) is 11.8. The molecule has 3 aliphatic heterocycles. The van der Waals surface area contributed by atoms with Crippen molar-refractivity contribution in [1.29, 1.82) is 0 Å². The number of rotatable bonds is 7. The number of nitrogens with one attached hydrogen (secondary N) is 2. The second-order valence-electron chi connectivity index (χ2n) is 11.5. The third-order valence-electron chi connectivity index (χ3n) is 9.04. The minimum atomic E-state index is -3.76. The number of fused-ring (bicyclic) bond motifs is 3. The fourth-order valence-corrected chi connectivity index (χ4v) is 8.50. The van der Waals surface area contributed by atoms with Crippen molar-refractivity contribution in [1.82, 2.24) is 9.88 Å². The van der Waals surface area contributed by atoms with Gasteiger partial charge in [-0.25, -0.2) is 8.42 Å². The zero-order valence-corrected chi connectivity index (χ0v) is 23.7. The lowest BCUT2D eigenvalue weighted by atomic mass is 9.92. The molecular formula is C32H36N4O3S. The number of anilines is 2. The second kappa shape index (κ2) is 10.2. The van der Waals surface area contributed by atoms with Gasteiger partial charge in [0, 0.05) is 29.2 Å². The van der Waals surface area contributed by atoms with Crippen LogP contribution in [-0.2, 0) is 40.5 Å². The lowest BCUT2D eigenvalue weighted by molar-refractivity contribution is -0.110. The lowest BCUT2D eigenvalue weighted by Crippen LogP contribution is -2.29. The highest BCUT2D eigenvalue weighted by Crippen LogP contribution is 2.39. The van der Waals surface area contributed by atoms with E-state index in [0.29, 0.717) is 29.8 Å². The van der Waals surface area contributed by atoms with E-state index in [2.05, 4.69) is 15.2 Å². The number of aromatic amines is 1. The van der Waals surface area contributed by atoms with Gasteiger partial charge in [0.1, 0.15) is 0 Å². The van der Waals surface area contributed by atoms with Crippen LogP contribution in [0.2, 0.25) is 0 Å². The fraction of sp³-hybridized carbons (Fsp3) is 0.406. The van der Waals surface area contributed by atoms with Crippen LogP contribution in [0.1, 0.15) is 65.7 Å². The van der Waals surface area contributed by atoms with Gasteiger partial charge >= 0.3 is 0 Å². The molecule has 1 saturated heterocycles. The molecule has 1 aromatic heterocycles. The van der Waals surface area contributed by atoms with Gasteiger partial charge in [-0.05, 0) is 124 Å². The molecule has 8 heteroatoms. The number of aromatic nitrogens is 1. The average Bonchev–Trinajstić information content (AvgIpc) is 3.75. The molecule has 0 radical (unpaired) electrons. The van der Waals surface area contributed by atoms with Gasteiger partial charge in [0.15, 0.2) is 0 Å². The van der Waals surface area contributed by atoms with Gasteiger partial charge in [-0.3, -0.25) is 9.10 Å². The third-order valence-corrected chi connectivity index (χ3v) is 10.8. The van der Waals surface area contributed by atoms with E-state index < -0.39 is 10.0 Å². The molecule has 1 amide bonds. The number of hydrogen-bond donors (Lipinski definition) is 2. The Morgan fingerprint density at radius 3 is 2.62 bits per heavy atom. The van der Waals surface area contributed by atoms with Crippen molar-refractivity contribution in [3.8, 4) is 0 Å². The monoisotopic (exact) mass is 556 g/mol. The molecule has 7 nitrogen and oxygen atoms in total. The smallest absolute Gasteiger partial charge is 0.264 e. The zero-order valence-electron chi connectivity index (χ0n) is 22.8. The Kier molecular flexibility index (Phi) is 6.55. The van der Waals surface area contributed by atoms with E-state index in [1.807, 2.05) is 30.3 Å². The summed E-state index contributed by atoms with van der Waals surface area (Å²) in [5, 5.41) is 2.96. The molecule has 2 N–H and O–H groups in total. The normalized spacial score (nSPS) is 19.6. The first-order valence-corrected chi connectivity index (χ1v) is 16.2. The maximum Gasteiger partial charge on any atom is 0.264 e. The number of sulfonamides is 1. The largest absolute Gasteiger partial charge is 0.358 e. The first-order chi connectivity index (χ1) is 19.5. The Hall–Kier alpha value is -3.36. The number of amides is 1. The van der Waals surface area contributed by atoms with Gasteiger partial charge in [-0.1, -0.05) is 18.2 Å². The highest BCUT2D eigenvalue weighted by atomic mass is 32.2.